The topological polar surface area (TPSA) is 61.4 Å². The van der Waals surface area contributed by atoms with E-state index in [1.807, 2.05) is 11.0 Å². The molecule has 1 saturated heterocycles. The van der Waals surface area contributed by atoms with E-state index in [2.05, 4.69) is 55.3 Å². The number of rotatable bonds is 7. The van der Waals surface area contributed by atoms with E-state index in [1.165, 1.54) is 21.4 Å². The molecular weight excluding hydrogens is 418 g/mol. The minimum atomic E-state index is 0.0528. The molecule has 3 heterocycles. The SMILES string of the molecule is CCCCNC(=O)N1CCN(c2nc(CCc3ccccc3)nc3sc(C)c(C)c23)CC1. The summed E-state index contributed by atoms with van der Waals surface area (Å²) in [6, 6.07) is 10.6. The van der Waals surface area contributed by atoms with Gasteiger partial charge in [0.2, 0.25) is 0 Å². The summed E-state index contributed by atoms with van der Waals surface area (Å²) in [7, 11) is 0. The molecule has 0 unspecified atom stereocenters. The van der Waals surface area contributed by atoms with E-state index in [0.29, 0.717) is 13.1 Å². The van der Waals surface area contributed by atoms with Crippen molar-refractivity contribution in [2.45, 2.75) is 46.5 Å². The second kappa shape index (κ2) is 10.3. The summed E-state index contributed by atoms with van der Waals surface area (Å²) in [5.74, 6) is 1.93. The summed E-state index contributed by atoms with van der Waals surface area (Å²) >= 11 is 1.76. The standard InChI is InChI=1S/C25H33N5OS/c1-4-5-13-26-25(31)30-16-14-29(15-17-30)23-22-18(2)19(3)32-24(22)28-21(27-23)12-11-20-9-7-6-8-10-20/h6-10H,4-5,11-17H2,1-3H3,(H,26,31). The average Bonchev–Trinajstić information content (AvgIpc) is 3.11. The number of hydrogen-bond acceptors (Lipinski definition) is 5. The van der Waals surface area contributed by atoms with E-state index in [4.69, 9.17) is 9.97 Å². The van der Waals surface area contributed by atoms with E-state index in [9.17, 15) is 4.79 Å². The van der Waals surface area contributed by atoms with Crippen LogP contribution in [0.25, 0.3) is 10.2 Å². The van der Waals surface area contributed by atoms with Crippen molar-refractivity contribution in [2.24, 2.45) is 0 Å². The molecule has 0 atom stereocenters. The number of unbranched alkanes of at least 4 members (excludes halogenated alkanes) is 1. The molecule has 1 N–H and O–H groups in total. The molecule has 2 aromatic heterocycles. The third-order valence-corrected chi connectivity index (χ3v) is 7.31. The Morgan fingerprint density at radius 2 is 1.81 bits per heavy atom. The first-order chi connectivity index (χ1) is 15.6. The second-order valence-electron chi connectivity index (χ2n) is 8.47. The fourth-order valence-electron chi connectivity index (χ4n) is 4.12. The average molecular weight is 452 g/mol. The number of fused-ring (bicyclic) bond motifs is 1. The number of nitrogens with one attached hydrogen (secondary N) is 1. The number of piperazine rings is 1. The predicted octanol–water partition coefficient (Wildman–Crippen LogP) is 4.73. The Balaban J connectivity index is 1.51. The maximum atomic E-state index is 12.4. The quantitative estimate of drug-likeness (QED) is 0.528. The lowest BCUT2D eigenvalue weighted by Gasteiger charge is -2.35. The van der Waals surface area contributed by atoms with Gasteiger partial charge in [-0.1, -0.05) is 43.7 Å². The number of hydrogen-bond donors (Lipinski definition) is 1. The van der Waals surface area contributed by atoms with Gasteiger partial charge in [0, 0.05) is 44.0 Å². The third-order valence-electron chi connectivity index (χ3n) is 6.21. The molecule has 1 aromatic carbocycles. The largest absolute Gasteiger partial charge is 0.352 e. The highest BCUT2D eigenvalue weighted by molar-refractivity contribution is 7.18. The highest BCUT2D eigenvalue weighted by Crippen LogP contribution is 2.35. The first-order valence-electron chi connectivity index (χ1n) is 11.6. The van der Waals surface area contributed by atoms with Crippen molar-refractivity contribution in [1.82, 2.24) is 20.2 Å². The molecule has 7 heteroatoms. The molecule has 1 aliphatic rings. The lowest BCUT2D eigenvalue weighted by molar-refractivity contribution is 0.194. The Hall–Kier alpha value is -2.67. The van der Waals surface area contributed by atoms with Crippen molar-refractivity contribution in [1.29, 1.82) is 0 Å². The zero-order valence-corrected chi connectivity index (χ0v) is 20.2. The number of anilines is 1. The van der Waals surface area contributed by atoms with Gasteiger partial charge in [0.05, 0.1) is 5.39 Å². The number of aryl methyl sites for hydroxylation is 4. The predicted molar refractivity (Wildman–Crippen MR) is 133 cm³/mol. The first kappa shape index (κ1) is 22.5. The molecule has 0 saturated carbocycles. The normalized spacial score (nSPS) is 14.2. The minimum Gasteiger partial charge on any atom is -0.352 e. The van der Waals surface area contributed by atoms with Crippen molar-refractivity contribution in [3.05, 3.63) is 52.2 Å². The van der Waals surface area contributed by atoms with Crippen LogP contribution in [0.2, 0.25) is 0 Å². The van der Waals surface area contributed by atoms with E-state index in [0.717, 1.165) is 61.8 Å². The van der Waals surface area contributed by atoms with Crippen molar-refractivity contribution in [3.8, 4) is 0 Å². The van der Waals surface area contributed by atoms with Crippen LogP contribution in [0.1, 0.15) is 41.6 Å². The zero-order valence-electron chi connectivity index (χ0n) is 19.4. The van der Waals surface area contributed by atoms with Gasteiger partial charge in [-0.25, -0.2) is 14.8 Å². The summed E-state index contributed by atoms with van der Waals surface area (Å²) in [5.41, 5.74) is 2.58. The summed E-state index contributed by atoms with van der Waals surface area (Å²) < 4.78 is 0. The van der Waals surface area contributed by atoms with Crippen molar-refractivity contribution < 1.29 is 4.79 Å². The Labute approximate surface area is 194 Å². The summed E-state index contributed by atoms with van der Waals surface area (Å²) in [4.78, 5) is 29.0. The number of thiophene rings is 1. The van der Waals surface area contributed by atoms with E-state index in [1.54, 1.807) is 11.3 Å². The van der Waals surface area contributed by atoms with Crippen LogP contribution in [0.15, 0.2) is 30.3 Å². The van der Waals surface area contributed by atoms with Gasteiger partial charge >= 0.3 is 6.03 Å². The van der Waals surface area contributed by atoms with Crippen molar-refractivity contribution in [2.75, 3.05) is 37.6 Å². The van der Waals surface area contributed by atoms with Crippen molar-refractivity contribution >= 4 is 33.4 Å². The monoisotopic (exact) mass is 451 g/mol. The van der Waals surface area contributed by atoms with Crippen LogP contribution < -0.4 is 10.2 Å². The molecule has 2 amide bonds. The van der Waals surface area contributed by atoms with Gasteiger partial charge in [0.25, 0.3) is 0 Å². The van der Waals surface area contributed by atoms with E-state index < -0.39 is 0 Å². The van der Waals surface area contributed by atoms with Crippen LogP contribution >= 0.6 is 11.3 Å². The Morgan fingerprint density at radius 1 is 1.06 bits per heavy atom. The van der Waals surface area contributed by atoms with Gasteiger partial charge < -0.3 is 15.1 Å². The van der Waals surface area contributed by atoms with Gasteiger partial charge in [-0.2, -0.15) is 0 Å². The summed E-state index contributed by atoms with van der Waals surface area (Å²) in [6.07, 6.45) is 3.86. The highest BCUT2D eigenvalue weighted by Gasteiger charge is 2.25. The number of carbonyl (C=O) groups excluding carboxylic acids is 1. The van der Waals surface area contributed by atoms with Gasteiger partial charge in [-0.15, -0.1) is 11.3 Å². The van der Waals surface area contributed by atoms with Crippen LogP contribution in [0.5, 0.6) is 0 Å². The molecule has 4 rings (SSSR count). The molecule has 1 aliphatic heterocycles. The molecule has 0 aliphatic carbocycles. The van der Waals surface area contributed by atoms with Crippen LogP contribution in [0.4, 0.5) is 10.6 Å². The van der Waals surface area contributed by atoms with Crippen molar-refractivity contribution in [3.63, 3.8) is 0 Å². The molecule has 1 fully saturated rings. The van der Waals surface area contributed by atoms with E-state index >= 15 is 0 Å². The maximum Gasteiger partial charge on any atom is 0.317 e. The number of aromatic nitrogens is 2. The van der Waals surface area contributed by atoms with Gasteiger partial charge in [0.1, 0.15) is 16.5 Å². The number of carbonyl (C=O) groups is 1. The van der Waals surface area contributed by atoms with Crippen LogP contribution in [-0.2, 0) is 12.8 Å². The lowest BCUT2D eigenvalue weighted by Crippen LogP contribution is -2.52. The van der Waals surface area contributed by atoms with Gasteiger partial charge in [-0.05, 0) is 37.8 Å². The summed E-state index contributed by atoms with van der Waals surface area (Å²) in [6.45, 7) is 10.2. The molecule has 170 valence electrons. The van der Waals surface area contributed by atoms with Gasteiger partial charge in [0.15, 0.2) is 0 Å². The third kappa shape index (κ3) is 5.04. The number of amides is 2. The zero-order chi connectivity index (χ0) is 22.5. The smallest absolute Gasteiger partial charge is 0.317 e. The molecule has 32 heavy (non-hydrogen) atoms. The fourth-order valence-corrected chi connectivity index (χ4v) is 5.16. The molecule has 3 aromatic rings. The lowest BCUT2D eigenvalue weighted by atomic mass is 10.1. The fraction of sp³-hybridized carbons (Fsp3) is 0.480. The van der Waals surface area contributed by atoms with Gasteiger partial charge in [-0.3, -0.25) is 0 Å². The number of benzene rings is 1. The highest BCUT2D eigenvalue weighted by atomic mass is 32.1. The Kier molecular flexibility index (Phi) is 7.25. The molecule has 0 bridgehead atoms. The number of nitrogens with zero attached hydrogens (tertiary/aromatic N) is 4. The Bertz CT molecular complexity index is 1060. The Morgan fingerprint density at radius 3 is 2.53 bits per heavy atom. The molecule has 0 spiro atoms. The molecule has 6 nitrogen and oxygen atoms in total. The molecular formula is C25H33N5OS. The van der Waals surface area contributed by atoms with Crippen LogP contribution in [0.3, 0.4) is 0 Å². The summed E-state index contributed by atoms with van der Waals surface area (Å²) in [5, 5.41) is 4.21. The number of urea groups is 1. The second-order valence-corrected chi connectivity index (χ2v) is 9.68. The molecule has 0 radical (unpaired) electrons. The van der Waals surface area contributed by atoms with E-state index in [-0.39, 0.29) is 6.03 Å². The minimum absolute atomic E-state index is 0.0528. The van der Waals surface area contributed by atoms with Crippen LogP contribution in [-0.4, -0.2) is 53.6 Å². The first-order valence-corrected chi connectivity index (χ1v) is 12.5. The maximum absolute atomic E-state index is 12.4. The van der Waals surface area contributed by atoms with Crippen LogP contribution in [0, 0.1) is 13.8 Å².